The van der Waals surface area contributed by atoms with Crippen LogP contribution in [0.2, 0.25) is 0 Å². The number of carbonyl (C=O) groups is 1. The van der Waals surface area contributed by atoms with Gasteiger partial charge in [-0.25, -0.2) is 0 Å². The average molecular weight is 130 g/mol. The summed E-state index contributed by atoms with van der Waals surface area (Å²) >= 11 is 0. The molecular formula is C7H14O2. The number of rotatable bonds is 4. The summed E-state index contributed by atoms with van der Waals surface area (Å²) in [5.74, 6) is 0.0185. The third-order valence-corrected chi connectivity index (χ3v) is 1.38. The molecule has 0 aliphatic rings. The second-order valence-electron chi connectivity index (χ2n) is 2.16. The van der Waals surface area contributed by atoms with Crippen LogP contribution in [-0.4, -0.2) is 19.0 Å². The molecule has 0 fully saturated rings. The van der Waals surface area contributed by atoms with Gasteiger partial charge in [0.25, 0.3) is 0 Å². The van der Waals surface area contributed by atoms with Crippen LogP contribution in [0.4, 0.5) is 0 Å². The molecule has 0 aliphatic carbocycles. The lowest BCUT2D eigenvalue weighted by Crippen LogP contribution is -2.18. The zero-order chi connectivity index (χ0) is 7.28. The first kappa shape index (κ1) is 8.63. The molecule has 0 radical (unpaired) electrons. The summed E-state index contributed by atoms with van der Waals surface area (Å²) < 4.78 is 5.16. The molecule has 0 aromatic carbocycles. The Kier molecular flexibility index (Phi) is 4.32. The van der Waals surface area contributed by atoms with E-state index in [1.54, 1.807) is 0 Å². The monoisotopic (exact) mass is 130 g/mol. The van der Waals surface area contributed by atoms with E-state index in [0.717, 1.165) is 6.29 Å². The van der Waals surface area contributed by atoms with Crippen LogP contribution in [0.5, 0.6) is 0 Å². The van der Waals surface area contributed by atoms with Crippen molar-refractivity contribution in [3.63, 3.8) is 0 Å². The SMILES string of the molecule is CCO[C@@H](C)[C@H](C)C=O. The van der Waals surface area contributed by atoms with Crippen LogP contribution in [0.1, 0.15) is 20.8 Å². The molecule has 0 heterocycles. The molecule has 2 nitrogen and oxygen atoms in total. The zero-order valence-electron chi connectivity index (χ0n) is 6.26. The van der Waals surface area contributed by atoms with Gasteiger partial charge in [-0.3, -0.25) is 0 Å². The lowest BCUT2D eigenvalue weighted by atomic mass is 10.1. The Bertz CT molecular complexity index is 81.0. The third kappa shape index (κ3) is 3.25. The second-order valence-corrected chi connectivity index (χ2v) is 2.16. The fraction of sp³-hybridized carbons (Fsp3) is 0.857. The molecule has 0 unspecified atom stereocenters. The summed E-state index contributed by atoms with van der Waals surface area (Å²) in [4.78, 5) is 10.1. The quantitative estimate of drug-likeness (QED) is 0.535. The summed E-state index contributed by atoms with van der Waals surface area (Å²) in [6.45, 7) is 6.36. The molecule has 2 heteroatoms. The molecule has 0 aliphatic heterocycles. The van der Waals surface area contributed by atoms with Gasteiger partial charge < -0.3 is 9.53 Å². The molecule has 0 aromatic heterocycles. The third-order valence-electron chi connectivity index (χ3n) is 1.38. The van der Waals surface area contributed by atoms with Crippen molar-refractivity contribution < 1.29 is 9.53 Å². The minimum absolute atomic E-state index is 0.0185. The van der Waals surface area contributed by atoms with Crippen molar-refractivity contribution in [2.75, 3.05) is 6.61 Å². The number of hydrogen-bond donors (Lipinski definition) is 0. The highest BCUT2D eigenvalue weighted by atomic mass is 16.5. The summed E-state index contributed by atoms with van der Waals surface area (Å²) in [6.07, 6.45) is 0.979. The van der Waals surface area contributed by atoms with Gasteiger partial charge in [0.05, 0.1) is 6.10 Å². The van der Waals surface area contributed by atoms with Gasteiger partial charge >= 0.3 is 0 Å². The van der Waals surface area contributed by atoms with E-state index in [9.17, 15) is 4.79 Å². The van der Waals surface area contributed by atoms with Crippen molar-refractivity contribution in [2.45, 2.75) is 26.9 Å². The maximum atomic E-state index is 10.1. The fourth-order valence-electron chi connectivity index (χ4n) is 0.525. The first-order valence-corrected chi connectivity index (χ1v) is 3.29. The summed E-state index contributed by atoms with van der Waals surface area (Å²) in [5, 5.41) is 0. The predicted molar refractivity (Wildman–Crippen MR) is 36.3 cm³/mol. The Hall–Kier alpha value is -0.370. The molecule has 0 spiro atoms. The first-order valence-electron chi connectivity index (χ1n) is 3.29. The number of ether oxygens (including phenoxy) is 1. The Morgan fingerprint density at radius 1 is 1.56 bits per heavy atom. The van der Waals surface area contributed by atoms with E-state index in [0.29, 0.717) is 6.61 Å². The maximum absolute atomic E-state index is 10.1. The number of hydrogen-bond acceptors (Lipinski definition) is 2. The summed E-state index contributed by atoms with van der Waals surface area (Å²) in [6, 6.07) is 0. The molecule has 0 amide bonds. The first-order chi connectivity index (χ1) is 4.22. The van der Waals surface area contributed by atoms with Crippen LogP contribution >= 0.6 is 0 Å². The van der Waals surface area contributed by atoms with Crippen molar-refractivity contribution in [3.05, 3.63) is 0 Å². The number of aldehydes is 1. The van der Waals surface area contributed by atoms with E-state index in [1.165, 1.54) is 0 Å². The minimum atomic E-state index is 0.0185. The van der Waals surface area contributed by atoms with E-state index >= 15 is 0 Å². The van der Waals surface area contributed by atoms with E-state index in [1.807, 2.05) is 20.8 Å². The van der Waals surface area contributed by atoms with Crippen LogP contribution < -0.4 is 0 Å². The molecular weight excluding hydrogens is 116 g/mol. The molecule has 0 saturated carbocycles. The largest absolute Gasteiger partial charge is 0.378 e. The molecule has 54 valence electrons. The van der Waals surface area contributed by atoms with Gasteiger partial charge in [0, 0.05) is 12.5 Å². The highest BCUT2D eigenvalue weighted by Gasteiger charge is 2.09. The highest BCUT2D eigenvalue weighted by molar-refractivity contribution is 5.53. The van der Waals surface area contributed by atoms with E-state index < -0.39 is 0 Å². The smallest absolute Gasteiger partial charge is 0.125 e. The van der Waals surface area contributed by atoms with Crippen molar-refractivity contribution >= 4 is 6.29 Å². The lowest BCUT2D eigenvalue weighted by Gasteiger charge is -2.13. The molecule has 2 atom stereocenters. The number of carbonyl (C=O) groups excluding carboxylic acids is 1. The average Bonchev–Trinajstić information content (AvgIpc) is 1.87. The van der Waals surface area contributed by atoms with Crippen LogP contribution in [0.25, 0.3) is 0 Å². The normalized spacial score (nSPS) is 16.8. The van der Waals surface area contributed by atoms with Crippen LogP contribution in [0, 0.1) is 5.92 Å². The zero-order valence-corrected chi connectivity index (χ0v) is 6.26. The molecule has 0 bridgehead atoms. The molecule has 0 N–H and O–H groups in total. The van der Waals surface area contributed by atoms with Gasteiger partial charge in [0.15, 0.2) is 0 Å². The summed E-state index contributed by atoms with van der Waals surface area (Å²) in [7, 11) is 0. The molecule has 0 saturated heterocycles. The van der Waals surface area contributed by atoms with Gasteiger partial charge in [-0.15, -0.1) is 0 Å². The molecule has 0 rings (SSSR count). The van der Waals surface area contributed by atoms with Gasteiger partial charge in [-0.05, 0) is 13.8 Å². The Balaban J connectivity index is 3.44. The van der Waals surface area contributed by atoms with Gasteiger partial charge in [0.1, 0.15) is 6.29 Å². The maximum Gasteiger partial charge on any atom is 0.125 e. The van der Waals surface area contributed by atoms with Crippen molar-refractivity contribution in [3.8, 4) is 0 Å². The van der Waals surface area contributed by atoms with Gasteiger partial charge in [-0.2, -0.15) is 0 Å². The van der Waals surface area contributed by atoms with Crippen LogP contribution in [-0.2, 0) is 9.53 Å². The van der Waals surface area contributed by atoms with E-state index in [-0.39, 0.29) is 12.0 Å². The topological polar surface area (TPSA) is 26.3 Å². The minimum Gasteiger partial charge on any atom is -0.378 e. The van der Waals surface area contributed by atoms with Crippen molar-refractivity contribution in [1.82, 2.24) is 0 Å². The van der Waals surface area contributed by atoms with Gasteiger partial charge in [-0.1, -0.05) is 6.92 Å². The van der Waals surface area contributed by atoms with E-state index in [2.05, 4.69) is 0 Å². The molecule has 0 aromatic rings. The van der Waals surface area contributed by atoms with E-state index in [4.69, 9.17) is 4.74 Å². The lowest BCUT2D eigenvalue weighted by molar-refractivity contribution is -0.114. The standard InChI is InChI=1S/C7H14O2/c1-4-9-7(3)6(2)5-8/h5-7H,4H2,1-3H3/t6-,7+/m1/s1. The molecule has 9 heavy (non-hydrogen) atoms. The fourth-order valence-corrected chi connectivity index (χ4v) is 0.525. The Morgan fingerprint density at radius 2 is 2.11 bits per heavy atom. The van der Waals surface area contributed by atoms with Gasteiger partial charge in [0.2, 0.25) is 0 Å². The Morgan fingerprint density at radius 3 is 2.44 bits per heavy atom. The summed E-state index contributed by atoms with van der Waals surface area (Å²) in [5.41, 5.74) is 0. The van der Waals surface area contributed by atoms with Crippen molar-refractivity contribution in [2.24, 2.45) is 5.92 Å². The van der Waals surface area contributed by atoms with Crippen molar-refractivity contribution in [1.29, 1.82) is 0 Å². The predicted octanol–water partition coefficient (Wildman–Crippen LogP) is 1.25. The highest BCUT2D eigenvalue weighted by Crippen LogP contribution is 2.02. The van der Waals surface area contributed by atoms with Crippen LogP contribution in [0.15, 0.2) is 0 Å². The second kappa shape index (κ2) is 4.50. The van der Waals surface area contributed by atoms with Crippen LogP contribution in [0.3, 0.4) is 0 Å². The Labute approximate surface area is 56.2 Å².